The third kappa shape index (κ3) is 5.55. The van der Waals surface area contributed by atoms with Gasteiger partial charge in [0.05, 0.1) is 12.2 Å². The van der Waals surface area contributed by atoms with E-state index in [4.69, 9.17) is 0 Å². The van der Waals surface area contributed by atoms with Gasteiger partial charge in [0.25, 0.3) is 0 Å². The van der Waals surface area contributed by atoms with Crippen LogP contribution in [0, 0.1) is 0 Å². The molecule has 1 aromatic heterocycles. The maximum atomic E-state index is 4.63. The summed E-state index contributed by atoms with van der Waals surface area (Å²) in [7, 11) is 0. The molecule has 0 fully saturated rings. The standard InChI is InChI=1S/C23H31N3/c1-16(2)21-11-9-12-22(17(3)4)23(21)26-19(6)14-18(5)25-15-20-10-7-8-13-24-20/h7-14,16-17,26H,15H2,1-6H3. The Labute approximate surface area is 158 Å². The van der Waals surface area contributed by atoms with E-state index in [1.165, 1.54) is 16.8 Å². The van der Waals surface area contributed by atoms with E-state index in [2.05, 4.69) is 74.2 Å². The molecular formula is C23H31N3. The molecule has 1 aromatic carbocycles. The molecule has 0 aliphatic heterocycles. The van der Waals surface area contributed by atoms with Crippen LogP contribution in [0.15, 0.2) is 59.4 Å². The molecule has 1 N–H and O–H groups in total. The molecule has 0 saturated heterocycles. The normalized spacial score (nSPS) is 12.8. The molecule has 0 aliphatic rings. The second-order valence-corrected chi connectivity index (χ2v) is 7.35. The average molecular weight is 350 g/mol. The van der Waals surface area contributed by atoms with E-state index in [9.17, 15) is 0 Å². The number of aliphatic imine (C=N–C) groups is 1. The largest absolute Gasteiger partial charge is 0.359 e. The van der Waals surface area contributed by atoms with Crippen LogP contribution in [0.1, 0.15) is 70.2 Å². The smallest absolute Gasteiger partial charge is 0.0814 e. The van der Waals surface area contributed by atoms with Gasteiger partial charge in [-0.15, -0.1) is 0 Å². The Bertz CT molecular complexity index is 745. The van der Waals surface area contributed by atoms with E-state index in [1.807, 2.05) is 25.1 Å². The molecule has 3 nitrogen and oxygen atoms in total. The highest BCUT2D eigenvalue weighted by Crippen LogP contribution is 2.33. The fourth-order valence-corrected chi connectivity index (χ4v) is 2.98. The number of aromatic nitrogens is 1. The van der Waals surface area contributed by atoms with Gasteiger partial charge < -0.3 is 5.32 Å². The molecule has 0 atom stereocenters. The highest BCUT2D eigenvalue weighted by Gasteiger charge is 2.13. The predicted octanol–water partition coefficient (Wildman–Crippen LogP) is 6.31. The number of rotatable bonds is 7. The maximum Gasteiger partial charge on any atom is 0.0814 e. The van der Waals surface area contributed by atoms with E-state index < -0.39 is 0 Å². The minimum Gasteiger partial charge on any atom is -0.359 e. The fourth-order valence-electron chi connectivity index (χ4n) is 2.98. The Morgan fingerprint density at radius 2 is 1.65 bits per heavy atom. The van der Waals surface area contributed by atoms with Crippen LogP contribution in [0.2, 0.25) is 0 Å². The Balaban J connectivity index is 2.20. The third-order valence-corrected chi connectivity index (χ3v) is 4.34. The minimum absolute atomic E-state index is 0.475. The Hall–Kier alpha value is -2.42. The van der Waals surface area contributed by atoms with Crippen molar-refractivity contribution in [2.75, 3.05) is 5.32 Å². The van der Waals surface area contributed by atoms with Crippen LogP contribution < -0.4 is 5.32 Å². The lowest BCUT2D eigenvalue weighted by Gasteiger charge is -2.21. The quantitative estimate of drug-likeness (QED) is 0.595. The predicted molar refractivity (Wildman–Crippen MR) is 113 cm³/mol. The lowest BCUT2D eigenvalue weighted by molar-refractivity contribution is 0.837. The molecule has 0 spiro atoms. The first kappa shape index (κ1) is 19.9. The Morgan fingerprint density at radius 3 is 2.19 bits per heavy atom. The molecule has 0 unspecified atom stereocenters. The van der Waals surface area contributed by atoms with Crippen molar-refractivity contribution in [2.45, 2.75) is 59.9 Å². The van der Waals surface area contributed by atoms with Crippen LogP contribution >= 0.6 is 0 Å². The second kappa shape index (κ2) is 9.33. The SMILES string of the molecule is CC(=CC(C)=NCc1ccccn1)Nc1c(C(C)C)cccc1C(C)C. The van der Waals surface area contributed by atoms with Crippen LogP contribution in [0.5, 0.6) is 0 Å². The average Bonchev–Trinajstić information content (AvgIpc) is 2.60. The van der Waals surface area contributed by atoms with E-state index in [0.717, 1.165) is 17.1 Å². The van der Waals surface area contributed by atoms with Gasteiger partial charge in [-0.1, -0.05) is 52.0 Å². The van der Waals surface area contributed by atoms with Crippen molar-refractivity contribution in [3.63, 3.8) is 0 Å². The third-order valence-electron chi connectivity index (χ3n) is 4.34. The monoisotopic (exact) mass is 349 g/mol. The summed E-state index contributed by atoms with van der Waals surface area (Å²) in [5.74, 6) is 0.950. The van der Waals surface area contributed by atoms with Crippen LogP contribution in [-0.4, -0.2) is 10.7 Å². The van der Waals surface area contributed by atoms with Gasteiger partial charge in [0, 0.05) is 23.3 Å². The molecule has 138 valence electrons. The summed E-state index contributed by atoms with van der Waals surface area (Å²) in [6.07, 6.45) is 3.91. The number of para-hydroxylation sites is 1. The first-order valence-corrected chi connectivity index (χ1v) is 9.37. The summed E-state index contributed by atoms with van der Waals surface area (Å²) in [5.41, 5.74) is 7.02. The minimum atomic E-state index is 0.475. The van der Waals surface area contributed by atoms with E-state index in [-0.39, 0.29) is 0 Å². The van der Waals surface area contributed by atoms with Gasteiger partial charge >= 0.3 is 0 Å². The number of benzene rings is 1. The van der Waals surface area contributed by atoms with Gasteiger partial charge in [0.1, 0.15) is 0 Å². The van der Waals surface area contributed by atoms with Crippen molar-refractivity contribution >= 4 is 11.4 Å². The molecule has 2 rings (SSSR count). The number of anilines is 1. The van der Waals surface area contributed by atoms with E-state index in [1.54, 1.807) is 6.20 Å². The zero-order valence-electron chi connectivity index (χ0n) is 16.9. The van der Waals surface area contributed by atoms with Crippen molar-refractivity contribution in [3.8, 4) is 0 Å². The molecule has 0 radical (unpaired) electrons. The van der Waals surface area contributed by atoms with Crippen molar-refractivity contribution < 1.29 is 0 Å². The summed E-state index contributed by atoms with van der Waals surface area (Å²) < 4.78 is 0. The number of hydrogen-bond donors (Lipinski definition) is 1. The van der Waals surface area contributed by atoms with Crippen LogP contribution in [0.3, 0.4) is 0 Å². The number of allylic oxidation sites excluding steroid dienone is 2. The van der Waals surface area contributed by atoms with Crippen molar-refractivity contribution in [2.24, 2.45) is 4.99 Å². The Morgan fingerprint density at radius 1 is 1.00 bits per heavy atom. The summed E-state index contributed by atoms with van der Waals surface area (Å²) in [4.78, 5) is 8.95. The number of hydrogen-bond acceptors (Lipinski definition) is 3. The molecule has 1 heterocycles. The van der Waals surface area contributed by atoms with E-state index >= 15 is 0 Å². The lowest BCUT2D eigenvalue weighted by atomic mass is 9.92. The number of nitrogens with one attached hydrogen (secondary N) is 1. The van der Waals surface area contributed by atoms with E-state index in [0.29, 0.717) is 18.4 Å². The highest BCUT2D eigenvalue weighted by molar-refractivity contribution is 5.93. The molecule has 0 bridgehead atoms. The van der Waals surface area contributed by atoms with Gasteiger partial charge in [-0.25, -0.2) is 0 Å². The van der Waals surface area contributed by atoms with Crippen LogP contribution in [0.25, 0.3) is 0 Å². The van der Waals surface area contributed by atoms with Gasteiger partial charge in [0.2, 0.25) is 0 Å². The van der Waals surface area contributed by atoms with Crippen molar-refractivity contribution in [1.82, 2.24) is 4.98 Å². The van der Waals surface area contributed by atoms with Crippen LogP contribution in [0.4, 0.5) is 5.69 Å². The zero-order chi connectivity index (χ0) is 19.1. The topological polar surface area (TPSA) is 37.3 Å². The highest BCUT2D eigenvalue weighted by atomic mass is 14.9. The second-order valence-electron chi connectivity index (χ2n) is 7.35. The Kier molecular flexibility index (Phi) is 7.14. The first-order chi connectivity index (χ1) is 12.4. The van der Waals surface area contributed by atoms with Gasteiger partial charge in [-0.2, -0.15) is 0 Å². The summed E-state index contributed by atoms with van der Waals surface area (Å²) in [5, 5.41) is 3.64. The van der Waals surface area contributed by atoms with Crippen molar-refractivity contribution in [1.29, 1.82) is 0 Å². The maximum absolute atomic E-state index is 4.63. The molecule has 26 heavy (non-hydrogen) atoms. The molecular weight excluding hydrogens is 318 g/mol. The van der Waals surface area contributed by atoms with Gasteiger partial charge in [-0.05, 0) is 55.0 Å². The first-order valence-electron chi connectivity index (χ1n) is 9.37. The molecule has 2 aromatic rings. The van der Waals surface area contributed by atoms with Gasteiger partial charge in [0.15, 0.2) is 0 Å². The fraction of sp³-hybridized carbons (Fsp3) is 0.391. The summed E-state index contributed by atoms with van der Waals surface area (Å²) in [6, 6.07) is 12.5. The summed E-state index contributed by atoms with van der Waals surface area (Å²) >= 11 is 0. The number of nitrogens with zero attached hydrogens (tertiary/aromatic N) is 2. The molecule has 3 heteroatoms. The van der Waals surface area contributed by atoms with Crippen molar-refractivity contribution in [3.05, 3.63) is 71.2 Å². The lowest BCUT2D eigenvalue weighted by Crippen LogP contribution is -2.07. The summed E-state index contributed by atoms with van der Waals surface area (Å²) in [6.45, 7) is 13.7. The van der Waals surface area contributed by atoms with Crippen LogP contribution in [-0.2, 0) is 6.54 Å². The van der Waals surface area contributed by atoms with Gasteiger partial charge in [-0.3, -0.25) is 9.98 Å². The zero-order valence-corrected chi connectivity index (χ0v) is 16.9. The molecule has 0 aliphatic carbocycles. The molecule has 0 amide bonds. The number of pyridine rings is 1. The molecule has 0 saturated carbocycles.